The van der Waals surface area contributed by atoms with E-state index in [0.29, 0.717) is 53.4 Å². The maximum Gasteiger partial charge on any atom is 0.255 e. The molecule has 3 aromatic rings. The van der Waals surface area contributed by atoms with E-state index in [0.717, 1.165) is 16.9 Å². The first kappa shape index (κ1) is 26.1. The summed E-state index contributed by atoms with van der Waals surface area (Å²) in [5, 5.41) is 5.65. The van der Waals surface area contributed by atoms with E-state index in [1.165, 1.54) is 26.3 Å². The summed E-state index contributed by atoms with van der Waals surface area (Å²) in [7, 11) is 1.44. The van der Waals surface area contributed by atoms with Gasteiger partial charge in [-0.1, -0.05) is 11.6 Å². The number of aromatic amines is 1. The minimum Gasteiger partial charge on any atom is -0.493 e. The fraction of sp³-hybridized carbons (Fsp3) is 0.500. The van der Waals surface area contributed by atoms with E-state index in [-0.39, 0.29) is 30.9 Å². The van der Waals surface area contributed by atoms with E-state index in [2.05, 4.69) is 25.6 Å². The van der Waals surface area contributed by atoms with Gasteiger partial charge in [0, 0.05) is 30.8 Å². The summed E-state index contributed by atoms with van der Waals surface area (Å²) < 4.78 is 26.0. The van der Waals surface area contributed by atoms with Gasteiger partial charge in [0.25, 0.3) is 5.91 Å². The second-order valence-corrected chi connectivity index (χ2v) is 10.4. The number of carbonyl (C=O) groups excluding carboxylic acids is 2. The molecule has 3 atom stereocenters. The maximum atomic E-state index is 15.0. The predicted molar refractivity (Wildman–Crippen MR) is 141 cm³/mol. The van der Waals surface area contributed by atoms with Crippen LogP contribution in [0, 0.1) is 19.8 Å². The van der Waals surface area contributed by atoms with Gasteiger partial charge in [-0.25, -0.2) is 14.4 Å². The van der Waals surface area contributed by atoms with Crippen LogP contribution in [0.4, 0.5) is 4.39 Å². The van der Waals surface area contributed by atoms with Crippen LogP contribution in [0.1, 0.15) is 53.7 Å². The highest BCUT2D eigenvalue weighted by atomic mass is 19.1. The normalized spacial score (nSPS) is 21.3. The van der Waals surface area contributed by atoms with Crippen LogP contribution in [0.2, 0.25) is 0 Å². The number of hydrogen-bond donors (Lipinski definition) is 3. The molecule has 202 valence electrons. The molecule has 2 aliphatic carbocycles. The summed E-state index contributed by atoms with van der Waals surface area (Å²) in [5.74, 6) is 0.693. The number of fused-ring (bicyclic) bond motifs is 1. The zero-order valence-electron chi connectivity index (χ0n) is 22.0. The summed E-state index contributed by atoms with van der Waals surface area (Å²) in [6, 6.07) is 5.06. The van der Waals surface area contributed by atoms with Crippen LogP contribution < -0.4 is 15.4 Å². The van der Waals surface area contributed by atoms with E-state index in [4.69, 9.17) is 9.47 Å². The Kier molecular flexibility index (Phi) is 7.60. The molecule has 0 saturated heterocycles. The van der Waals surface area contributed by atoms with Crippen molar-refractivity contribution in [2.75, 3.05) is 20.3 Å². The number of aryl methyl sites for hydroxylation is 2. The maximum absolute atomic E-state index is 15.0. The topological polar surface area (TPSA) is 118 Å². The molecule has 10 heteroatoms. The number of carbonyl (C=O) groups is 2. The average molecular weight is 524 g/mol. The highest BCUT2D eigenvalue weighted by Gasteiger charge is 2.33. The Bertz CT molecular complexity index is 1340. The van der Waals surface area contributed by atoms with Gasteiger partial charge in [0.2, 0.25) is 5.91 Å². The number of H-pyrrole nitrogens is 1. The fourth-order valence-corrected chi connectivity index (χ4v) is 5.10. The van der Waals surface area contributed by atoms with Gasteiger partial charge in [0.15, 0.2) is 0 Å². The molecule has 0 bridgehead atoms. The highest BCUT2D eigenvalue weighted by molar-refractivity contribution is 6.09. The number of rotatable bonds is 9. The van der Waals surface area contributed by atoms with Crippen LogP contribution in [0.3, 0.4) is 0 Å². The summed E-state index contributed by atoms with van der Waals surface area (Å²) in [6.45, 7) is 4.42. The van der Waals surface area contributed by atoms with Crippen LogP contribution in [0.15, 0.2) is 24.5 Å². The van der Waals surface area contributed by atoms with E-state index in [9.17, 15) is 9.59 Å². The summed E-state index contributed by atoms with van der Waals surface area (Å²) >= 11 is 0. The quantitative estimate of drug-likeness (QED) is 0.393. The molecule has 3 N–H and O–H groups in total. The van der Waals surface area contributed by atoms with Crippen LogP contribution in [-0.4, -0.2) is 65.3 Å². The average Bonchev–Trinajstić information content (AvgIpc) is 3.64. The molecule has 2 heterocycles. The number of amides is 2. The Morgan fingerprint density at radius 3 is 2.68 bits per heavy atom. The standard InChI is InChI=1S/C28H34FN5O4/c1-15-4-9-22(38-12-17-5-6-17)19(10-15)25-27-26(31-14-30-25)24(16(2)32-27)28(36)34-21-8-7-18(11-20(21)29)33-23(35)13-37-3/h4,9-10,14,17-18,20-21,32H,5-8,11-13H2,1-3H3,(H,33,35)(H,34,36)/t18-,20-,21+/m1/s1. The third-order valence-electron chi connectivity index (χ3n) is 7.29. The molecule has 0 radical (unpaired) electrons. The van der Waals surface area contributed by atoms with E-state index in [1.807, 2.05) is 25.1 Å². The molecular weight excluding hydrogens is 489 g/mol. The van der Waals surface area contributed by atoms with E-state index < -0.39 is 12.2 Å². The van der Waals surface area contributed by atoms with Crippen molar-refractivity contribution in [1.82, 2.24) is 25.6 Å². The second-order valence-electron chi connectivity index (χ2n) is 10.4. The first-order chi connectivity index (χ1) is 18.3. The van der Waals surface area contributed by atoms with Crippen molar-refractivity contribution >= 4 is 22.8 Å². The molecule has 2 aromatic heterocycles. The van der Waals surface area contributed by atoms with Gasteiger partial charge in [-0.15, -0.1) is 0 Å². The van der Waals surface area contributed by atoms with E-state index >= 15 is 4.39 Å². The van der Waals surface area contributed by atoms with Crippen molar-refractivity contribution in [1.29, 1.82) is 0 Å². The molecule has 2 saturated carbocycles. The molecule has 2 aliphatic rings. The van der Waals surface area contributed by atoms with Crippen molar-refractivity contribution < 1.29 is 23.5 Å². The Balaban J connectivity index is 1.36. The number of hydrogen-bond acceptors (Lipinski definition) is 6. The van der Waals surface area contributed by atoms with Gasteiger partial charge in [-0.3, -0.25) is 9.59 Å². The van der Waals surface area contributed by atoms with Gasteiger partial charge in [0.1, 0.15) is 36.1 Å². The fourth-order valence-electron chi connectivity index (χ4n) is 5.10. The molecule has 38 heavy (non-hydrogen) atoms. The van der Waals surface area contributed by atoms with Crippen LogP contribution in [-0.2, 0) is 9.53 Å². The zero-order valence-corrected chi connectivity index (χ0v) is 22.0. The van der Waals surface area contributed by atoms with Gasteiger partial charge in [-0.2, -0.15) is 0 Å². The summed E-state index contributed by atoms with van der Waals surface area (Å²) in [6.07, 6.45) is 3.66. The van der Waals surface area contributed by atoms with Crippen molar-refractivity contribution in [2.45, 2.75) is 64.2 Å². The molecular formula is C28H34FN5O4. The smallest absolute Gasteiger partial charge is 0.255 e. The lowest BCUT2D eigenvalue weighted by Gasteiger charge is -2.32. The molecule has 5 rings (SSSR count). The van der Waals surface area contributed by atoms with Crippen LogP contribution >= 0.6 is 0 Å². The second kappa shape index (κ2) is 11.1. The first-order valence-corrected chi connectivity index (χ1v) is 13.1. The van der Waals surface area contributed by atoms with Crippen LogP contribution in [0.5, 0.6) is 5.75 Å². The minimum absolute atomic E-state index is 0.0615. The van der Waals surface area contributed by atoms with Crippen molar-refractivity contribution in [3.8, 4) is 17.0 Å². The summed E-state index contributed by atoms with van der Waals surface area (Å²) in [5.41, 5.74) is 4.68. The van der Waals surface area contributed by atoms with Gasteiger partial charge < -0.3 is 25.1 Å². The monoisotopic (exact) mass is 523 g/mol. The number of benzene rings is 1. The third-order valence-corrected chi connectivity index (χ3v) is 7.29. The Hall–Kier alpha value is -3.53. The zero-order chi connectivity index (χ0) is 26.8. The lowest BCUT2D eigenvalue weighted by molar-refractivity contribution is -0.125. The lowest BCUT2D eigenvalue weighted by atomic mass is 9.89. The van der Waals surface area contributed by atoms with Gasteiger partial charge in [0.05, 0.1) is 23.7 Å². The number of nitrogens with zero attached hydrogens (tertiary/aromatic N) is 2. The van der Waals surface area contributed by atoms with Gasteiger partial charge >= 0.3 is 0 Å². The van der Waals surface area contributed by atoms with E-state index in [1.54, 1.807) is 6.92 Å². The Morgan fingerprint density at radius 2 is 1.95 bits per heavy atom. The van der Waals surface area contributed by atoms with Crippen LogP contribution in [0.25, 0.3) is 22.3 Å². The molecule has 9 nitrogen and oxygen atoms in total. The largest absolute Gasteiger partial charge is 0.493 e. The van der Waals surface area contributed by atoms with Crippen molar-refractivity contribution in [2.24, 2.45) is 5.92 Å². The number of alkyl halides is 1. The molecule has 2 amide bonds. The highest BCUT2D eigenvalue weighted by Crippen LogP contribution is 2.37. The Labute approximate surface area is 220 Å². The van der Waals surface area contributed by atoms with Gasteiger partial charge in [-0.05, 0) is 57.6 Å². The number of ether oxygens (including phenoxy) is 2. The number of methoxy groups -OCH3 is 1. The number of nitrogens with one attached hydrogen (secondary N) is 3. The van der Waals surface area contributed by atoms with Crippen molar-refractivity contribution in [3.05, 3.63) is 41.3 Å². The van der Waals surface area contributed by atoms with Crippen molar-refractivity contribution in [3.63, 3.8) is 0 Å². The first-order valence-electron chi connectivity index (χ1n) is 13.1. The third kappa shape index (κ3) is 5.65. The minimum atomic E-state index is -1.28. The summed E-state index contributed by atoms with van der Waals surface area (Å²) in [4.78, 5) is 37.4. The number of halogens is 1. The molecule has 0 unspecified atom stereocenters. The molecule has 0 spiro atoms. The Morgan fingerprint density at radius 1 is 1.13 bits per heavy atom. The molecule has 1 aromatic carbocycles. The molecule has 2 fully saturated rings. The number of aromatic nitrogens is 3. The SMILES string of the molecule is COCC(=O)N[C@@H]1CC[C@H](NC(=O)c2c(C)[nH]c3c(-c4cc(C)ccc4OCC4CC4)ncnc23)[C@H](F)C1. The predicted octanol–water partition coefficient (Wildman–Crippen LogP) is 3.78. The molecule has 0 aliphatic heterocycles. The lowest BCUT2D eigenvalue weighted by Crippen LogP contribution is -2.50.